The molecule has 0 bridgehead atoms. The zero-order valence-corrected chi connectivity index (χ0v) is 17.0. The maximum atomic E-state index is 10.6. The normalized spacial score (nSPS) is 26.5. The molecule has 1 saturated heterocycles. The Kier molecular flexibility index (Phi) is 5.18. The number of nitrogens with zero attached hydrogens (tertiary/aromatic N) is 6. The van der Waals surface area contributed by atoms with Crippen molar-refractivity contribution in [2.24, 2.45) is 11.8 Å². The highest BCUT2D eigenvalue weighted by atomic mass is 16.5. The van der Waals surface area contributed by atoms with Crippen LogP contribution in [0.15, 0.2) is 49.3 Å². The van der Waals surface area contributed by atoms with Gasteiger partial charge in [-0.05, 0) is 48.9 Å². The molecular weight excluding hydrogens is 380 g/mol. The van der Waals surface area contributed by atoms with Crippen LogP contribution in [0.3, 0.4) is 0 Å². The third-order valence-electron chi connectivity index (χ3n) is 6.42. The summed E-state index contributed by atoms with van der Waals surface area (Å²) in [4.78, 5) is 15.6. The molecule has 156 valence electrons. The van der Waals surface area contributed by atoms with Crippen LogP contribution >= 0.6 is 0 Å². The van der Waals surface area contributed by atoms with Crippen LogP contribution in [0, 0.1) is 11.8 Å². The van der Waals surface area contributed by atoms with E-state index in [4.69, 9.17) is 4.74 Å². The number of ether oxygens (including phenoxy) is 1. The van der Waals surface area contributed by atoms with Gasteiger partial charge in [-0.2, -0.15) is 5.10 Å². The first-order valence-corrected chi connectivity index (χ1v) is 10.4. The molecule has 2 aliphatic rings. The van der Waals surface area contributed by atoms with Gasteiger partial charge in [0.05, 0.1) is 19.3 Å². The van der Waals surface area contributed by atoms with E-state index in [9.17, 15) is 5.11 Å². The van der Waals surface area contributed by atoms with E-state index in [0.717, 1.165) is 55.2 Å². The van der Waals surface area contributed by atoms with Gasteiger partial charge in [-0.15, -0.1) is 0 Å². The molecule has 4 atom stereocenters. The Morgan fingerprint density at radius 2 is 1.80 bits per heavy atom. The summed E-state index contributed by atoms with van der Waals surface area (Å²) in [6.45, 7) is 2.87. The molecule has 8 nitrogen and oxygen atoms in total. The lowest BCUT2D eigenvalue weighted by atomic mass is 9.77. The van der Waals surface area contributed by atoms with Crippen LogP contribution in [0.2, 0.25) is 0 Å². The topological polar surface area (TPSA) is 89.2 Å². The molecule has 1 saturated carbocycles. The van der Waals surface area contributed by atoms with Crippen molar-refractivity contribution >= 4 is 0 Å². The largest absolute Gasteiger partial charge is 0.497 e. The molecule has 0 amide bonds. The second kappa shape index (κ2) is 8.12. The molecule has 1 N–H and O–H groups in total. The minimum atomic E-state index is -0.361. The number of aromatic nitrogens is 5. The summed E-state index contributed by atoms with van der Waals surface area (Å²) in [5.41, 5.74) is 2.09. The van der Waals surface area contributed by atoms with E-state index < -0.39 is 0 Å². The van der Waals surface area contributed by atoms with Gasteiger partial charge in [0.2, 0.25) is 0 Å². The highest BCUT2D eigenvalue weighted by Gasteiger charge is 2.42. The minimum absolute atomic E-state index is 0.0285. The van der Waals surface area contributed by atoms with Gasteiger partial charge in [0.15, 0.2) is 5.82 Å². The number of methoxy groups -OCH3 is 1. The average molecular weight is 406 g/mol. The summed E-state index contributed by atoms with van der Waals surface area (Å²) >= 11 is 0. The van der Waals surface area contributed by atoms with Crippen molar-refractivity contribution in [3.63, 3.8) is 0 Å². The molecule has 8 heteroatoms. The van der Waals surface area contributed by atoms with Crippen LogP contribution in [0.25, 0.3) is 11.4 Å². The minimum Gasteiger partial charge on any atom is -0.497 e. The maximum absolute atomic E-state index is 10.6. The average Bonchev–Trinajstić information content (AvgIpc) is 3.43. The lowest BCUT2D eigenvalue weighted by molar-refractivity contribution is 0.0304. The van der Waals surface area contributed by atoms with Crippen molar-refractivity contribution in [3.8, 4) is 17.1 Å². The predicted molar refractivity (Wildman–Crippen MR) is 111 cm³/mol. The number of rotatable bonds is 5. The van der Waals surface area contributed by atoms with Crippen LogP contribution in [0.4, 0.5) is 0 Å². The third kappa shape index (κ3) is 3.80. The van der Waals surface area contributed by atoms with Gasteiger partial charge in [-0.25, -0.2) is 19.6 Å². The van der Waals surface area contributed by atoms with Gasteiger partial charge in [-0.1, -0.05) is 0 Å². The Morgan fingerprint density at radius 3 is 2.47 bits per heavy atom. The maximum Gasteiger partial charge on any atom is 0.159 e. The zero-order chi connectivity index (χ0) is 20.5. The smallest absolute Gasteiger partial charge is 0.159 e. The first-order valence-electron chi connectivity index (χ1n) is 10.4. The number of hydrogen-bond donors (Lipinski definition) is 1. The van der Waals surface area contributed by atoms with Gasteiger partial charge in [-0.3, -0.25) is 4.90 Å². The molecular formula is C22H26N6O2. The van der Waals surface area contributed by atoms with E-state index in [0.29, 0.717) is 11.8 Å². The number of aliphatic hydroxyl groups is 1. The number of fused-ring (bicyclic) bond motifs is 1. The predicted octanol–water partition coefficient (Wildman–Crippen LogP) is 2.19. The summed E-state index contributed by atoms with van der Waals surface area (Å²) in [5.74, 6) is 2.64. The summed E-state index contributed by atoms with van der Waals surface area (Å²) in [5, 5.41) is 14.8. The van der Waals surface area contributed by atoms with Gasteiger partial charge in [0.1, 0.15) is 18.4 Å². The molecule has 3 aromatic rings. The van der Waals surface area contributed by atoms with E-state index in [1.165, 1.54) is 6.33 Å². The fourth-order valence-corrected chi connectivity index (χ4v) is 4.89. The number of hydrogen-bond acceptors (Lipinski definition) is 7. The SMILES string of the molecule is COc1ccc(-c2ncc(CN3C[C@H]4C[C@@H](n5cncn5)[C@H](O)C[C@H]4C3)cn2)cc1. The Hall–Kier alpha value is -2.84. The Labute approximate surface area is 175 Å². The van der Waals surface area contributed by atoms with Crippen LogP contribution in [-0.2, 0) is 6.54 Å². The highest BCUT2D eigenvalue weighted by molar-refractivity contribution is 5.55. The molecule has 2 fully saturated rings. The Bertz CT molecular complexity index is 960. The van der Waals surface area contributed by atoms with E-state index >= 15 is 0 Å². The summed E-state index contributed by atoms with van der Waals surface area (Å²) < 4.78 is 7.02. The monoisotopic (exact) mass is 406 g/mol. The van der Waals surface area contributed by atoms with Crippen molar-refractivity contribution in [1.82, 2.24) is 29.6 Å². The van der Waals surface area contributed by atoms with Crippen LogP contribution in [-0.4, -0.2) is 61.0 Å². The molecule has 0 unspecified atom stereocenters. The standard InChI is InChI=1S/C22H26N6O2/c1-30-19-4-2-16(3-5-19)22-24-8-15(9-25-22)10-27-11-17-6-20(28-14-23-13-26-28)21(29)7-18(17)12-27/h2-5,8-9,13-14,17-18,20-21,29H,6-7,10-12H2,1H3/t17-,18+,20-,21-/m1/s1. The van der Waals surface area contributed by atoms with Crippen molar-refractivity contribution in [3.05, 3.63) is 54.9 Å². The molecule has 30 heavy (non-hydrogen) atoms. The summed E-state index contributed by atoms with van der Waals surface area (Å²) in [6.07, 6.45) is 8.48. The van der Waals surface area contributed by atoms with E-state index in [2.05, 4.69) is 25.0 Å². The van der Waals surface area contributed by atoms with Gasteiger partial charge in [0.25, 0.3) is 0 Å². The molecule has 3 heterocycles. The van der Waals surface area contributed by atoms with Crippen molar-refractivity contribution in [1.29, 1.82) is 0 Å². The number of benzene rings is 1. The second-order valence-corrected chi connectivity index (χ2v) is 8.34. The Balaban J connectivity index is 1.22. The third-order valence-corrected chi connectivity index (χ3v) is 6.42. The van der Waals surface area contributed by atoms with Gasteiger partial charge >= 0.3 is 0 Å². The summed E-state index contributed by atoms with van der Waals surface area (Å²) in [7, 11) is 1.66. The molecule has 1 aliphatic heterocycles. The fourth-order valence-electron chi connectivity index (χ4n) is 4.89. The highest BCUT2D eigenvalue weighted by Crippen LogP contribution is 2.41. The zero-order valence-electron chi connectivity index (χ0n) is 17.0. The van der Waals surface area contributed by atoms with Crippen LogP contribution in [0.5, 0.6) is 5.75 Å². The van der Waals surface area contributed by atoms with E-state index in [1.807, 2.05) is 41.3 Å². The van der Waals surface area contributed by atoms with E-state index in [-0.39, 0.29) is 12.1 Å². The quantitative estimate of drug-likeness (QED) is 0.695. The van der Waals surface area contributed by atoms with Crippen molar-refractivity contribution in [2.45, 2.75) is 31.5 Å². The van der Waals surface area contributed by atoms with Gasteiger partial charge < -0.3 is 9.84 Å². The summed E-state index contributed by atoms with van der Waals surface area (Å²) in [6, 6.07) is 7.80. The molecule has 1 aliphatic carbocycles. The number of likely N-dealkylation sites (tertiary alicyclic amines) is 1. The molecule has 0 radical (unpaired) electrons. The lowest BCUT2D eigenvalue weighted by Gasteiger charge is -2.35. The van der Waals surface area contributed by atoms with E-state index in [1.54, 1.807) is 13.4 Å². The van der Waals surface area contributed by atoms with Crippen LogP contribution in [0.1, 0.15) is 24.4 Å². The lowest BCUT2D eigenvalue weighted by Crippen LogP contribution is -2.36. The molecule has 1 aromatic carbocycles. The first kappa shape index (κ1) is 19.1. The van der Waals surface area contributed by atoms with Crippen molar-refractivity contribution in [2.75, 3.05) is 20.2 Å². The molecule has 5 rings (SSSR count). The fraction of sp³-hybridized carbons (Fsp3) is 0.455. The Morgan fingerprint density at radius 1 is 1.07 bits per heavy atom. The first-order chi connectivity index (χ1) is 14.7. The molecule has 0 spiro atoms. The van der Waals surface area contributed by atoms with Crippen molar-refractivity contribution < 1.29 is 9.84 Å². The van der Waals surface area contributed by atoms with Gasteiger partial charge in [0, 0.05) is 43.2 Å². The second-order valence-electron chi connectivity index (χ2n) is 8.34. The number of aliphatic hydroxyl groups excluding tert-OH is 1. The van der Waals surface area contributed by atoms with Crippen LogP contribution < -0.4 is 4.74 Å². The molecule has 2 aromatic heterocycles.